The van der Waals surface area contributed by atoms with Gasteiger partial charge in [-0.25, -0.2) is 13.4 Å². The molecule has 0 aliphatic carbocycles. The van der Waals surface area contributed by atoms with Gasteiger partial charge in [0.05, 0.1) is 4.90 Å². The Balaban J connectivity index is 1.85. The van der Waals surface area contributed by atoms with Crippen LogP contribution in [-0.2, 0) is 10.0 Å². The number of aromatic amines is 1. The van der Waals surface area contributed by atoms with E-state index in [4.69, 9.17) is 0 Å². The van der Waals surface area contributed by atoms with Gasteiger partial charge in [0, 0.05) is 11.3 Å². The fraction of sp³-hybridized carbons (Fsp3) is 0.222. The molecule has 25 heavy (non-hydrogen) atoms. The van der Waals surface area contributed by atoms with E-state index in [2.05, 4.69) is 33.8 Å². The minimum absolute atomic E-state index is 0.232. The average Bonchev–Trinajstić information content (AvgIpc) is 3.01. The number of nitrogens with one attached hydrogen (secondary N) is 2. The summed E-state index contributed by atoms with van der Waals surface area (Å²) in [4.78, 5) is 4.49. The van der Waals surface area contributed by atoms with Crippen LogP contribution in [-0.4, -0.2) is 23.6 Å². The summed E-state index contributed by atoms with van der Waals surface area (Å²) in [6.07, 6.45) is 0. The number of H-pyrrole nitrogens is 1. The summed E-state index contributed by atoms with van der Waals surface area (Å²) in [7, 11) is -3.65. The first-order chi connectivity index (χ1) is 11.8. The molecule has 0 radical (unpaired) electrons. The average molecular weight is 356 g/mol. The lowest BCUT2D eigenvalue weighted by atomic mass is 10.0. The molecular weight excluding hydrogens is 336 g/mol. The van der Waals surface area contributed by atoms with Crippen molar-refractivity contribution in [3.63, 3.8) is 0 Å². The Morgan fingerprint density at radius 3 is 2.40 bits per heavy atom. The highest BCUT2D eigenvalue weighted by Crippen LogP contribution is 2.23. The molecule has 1 heterocycles. The molecule has 130 valence electrons. The molecule has 0 aliphatic rings. The number of sulfonamides is 1. The van der Waals surface area contributed by atoms with Crippen LogP contribution in [0.1, 0.15) is 31.2 Å². The molecule has 0 fully saturated rings. The van der Waals surface area contributed by atoms with E-state index in [0.29, 0.717) is 23.3 Å². The first kappa shape index (κ1) is 17.2. The molecule has 0 amide bonds. The molecule has 3 aromatic rings. The summed E-state index contributed by atoms with van der Waals surface area (Å²) in [6.45, 7) is 5.94. The van der Waals surface area contributed by atoms with Crippen LogP contribution in [0.3, 0.4) is 0 Å². The molecule has 0 saturated heterocycles. The molecule has 7 heteroatoms. The summed E-state index contributed by atoms with van der Waals surface area (Å²) in [5, 5.41) is 6.87. The zero-order chi connectivity index (χ0) is 18.0. The van der Waals surface area contributed by atoms with Crippen molar-refractivity contribution in [3.8, 4) is 11.4 Å². The van der Waals surface area contributed by atoms with Crippen molar-refractivity contribution >= 4 is 15.7 Å². The highest BCUT2D eigenvalue weighted by Gasteiger charge is 2.15. The van der Waals surface area contributed by atoms with Crippen LogP contribution in [0.25, 0.3) is 11.4 Å². The van der Waals surface area contributed by atoms with E-state index in [1.54, 1.807) is 30.3 Å². The fourth-order valence-electron chi connectivity index (χ4n) is 2.44. The number of benzene rings is 2. The molecule has 0 aliphatic heterocycles. The van der Waals surface area contributed by atoms with Crippen molar-refractivity contribution in [2.45, 2.75) is 31.6 Å². The molecule has 0 saturated carbocycles. The minimum atomic E-state index is -3.65. The van der Waals surface area contributed by atoms with Gasteiger partial charge in [0.2, 0.25) is 0 Å². The molecule has 6 nitrogen and oxygen atoms in total. The van der Waals surface area contributed by atoms with Gasteiger partial charge in [0.15, 0.2) is 5.82 Å². The summed E-state index contributed by atoms with van der Waals surface area (Å²) < 4.78 is 27.8. The Hall–Kier alpha value is -2.67. The van der Waals surface area contributed by atoms with Gasteiger partial charge in [0.1, 0.15) is 5.82 Å². The van der Waals surface area contributed by atoms with Crippen molar-refractivity contribution in [1.82, 2.24) is 15.2 Å². The third-order valence-electron chi connectivity index (χ3n) is 3.83. The SMILES string of the molecule is Cc1nc(-c2cccc(NS(=O)(=O)c3ccc(C(C)C)cc3)c2)n[nH]1. The molecule has 0 bridgehead atoms. The fourth-order valence-corrected chi connectivity index (χ4v) is 3.49. The van der Waals surface area contributed by atoms with Gasteiger partial charge in [-0.1, -0.05) is 38.1 Å². The smallest absolute Gasteiger partial charge is 0.261 e. The van der Waals surface area contributed by atoms with Gasteiger partial charge < -0.3 is 0 Å². The standard InChI is InChI=1S/C18H20N4O2S/c1-12(2)14-7-9-17(10-8-14)25(23,24)22-16-6-4-5-15(11-16)18-19-13(3)20-21-18/h4-12,22H,1-3H3,(H,19,20,21). The van der Waals surface area contributed by atoms with Gasteiger partial charge in [-0.2, -0.15) is 5.10 Å². The van der Waals surface area contributed by atoms with Gasteiger partial charge in [0.25, 0.3) is 10.0 Å². The Morgan fingerprint density at radius 2 is 1.80 bits per heavy atom. The highest BCUT2D eigenvalue weighted by atomic mass is 32.2. The molecule has 1 aromatic heterocycles. The maximum Gasteiger partial charge on any atom is 0.261 e. The molecule has 0 spiro atoms. The van der Waals surface area contributed by atoms with E-state index >= 15 is 0 Å². The van der Waals surface area contributed by atoms with Gasteiger partial charge in [-0.05, 0) is 42.7 Å². The number of hydrogen-bond donors (Lipinski definition) is 2. The van der Waals surface area contributed by atoms with Crippen molar-refractivity contribution in [2.75, 3.05) is 4.72 Å². The zero-order valence-corrected chi connectivity index (χ0v) is 15.1. The Kier molecular flexibility index (Phi) is 4.59. The van der Waals surface area contributed by atoms with E-state index < -0.39 is 10.0 Å². The Morgan fingerprint density at radius 1 is 1.08 bits per heavy atom. The third kappa shape index (κ3) is 3.88. The first-order valence-electron chi connectivity index (χ1n) is 7.97. The number of aryl methyl sites for hydroxylation is 1. The molecule has 2 aromatic carbocycles. The quantitative estimate of drug-likeness (QED) is 0.729. The predicted molar refractivity (Wildman–Crippen MR) is 97.9 cm³/mol. The molecule has 0 unspecified atom stereocenters. The molecule has 3 rings (SSSR count). The molecular formula is C18H20N4O2S. The predicted octanol–water partition coefficient (Wildman–Crippen LogP) is 3.70. The van der Waals surface area contributed by atoms with E-state index in [1.165, 1.54) is 0 Å². The second kappa shape index (κ2) is 6.68. The van der Waals surface area contributed by atoms with Gasteiger partial charge in [-0.15, -0.1) is 0 Å². The van der Waals surface area contributed by atoms with E-state index in [0.717, 1.165) is 11.1 Å². The lowest BCUT2D eigenvalue weighted by molar-refractivity contribution is 0.601. The van der Waals surface area contributed by atoms with Crippen molar-refractivity contribution in [3.05, 3.63) is 59.9 Å². The maximum atomic E-state index is 12.6. The number of hydrogen-bond acceptors (Lipinski definition) is 4. The van der Waals surface area contributed by atoms with Crippen molar-refractivity contribution in [2.24, 2.45) is 0 Å². The van der Waals surface area contributed by atoms with Crippen LogP contribution in [0.2, 0.25) is 0 Å². The second-order valence-electron chi connectivity index (χ2n) is 6.15. The van der Waals surface area contributed by atoms with Crippen LogP contribution >= 0.6 is 0 Å². The minimum Gasteiger partial charge on any atom is -0.280 e. The number of nitrogens with zero attached hydrogens (tertiary/aromatic N) is 2. The van der Waals surface area contributed by atoms with Crippen molar-refractivity contribution in [1.29, 1.82) is 0 Å². The maximum absolute atomic E-state index is 12.6. The van der Waals surface area contributed by atoms with Crippen LogP contribution in [0.4, 0.5) is 5.69 Å². The van der Waals surface area contributed by atoms with Crippen LogP contribution in [0.15, 0.2) is 53.4 Å². The summed E-state index contributed by atoms with van der Waals surface area (Å²) in [5.74, 6) is 1.58. The number of aromatic nitrogens is 3. The van der Waals surface area contributed by atoms with Gasteiger partial charge in [-0.3, -0.25) is 9.82 Å². The van der Waals surface area contributed by atoms with Gasteiger partial charge >= 0.3 is 0 Å². The summed E-state index contributed by atoms with van der Waals surface area (Å²) >= 11 is 0. The van der Waals surface area contributed by atoms with Crippen molar-refractivity contribution < 1.29 is 8.42 Å². The van der Waals surface area contributed by atoms with Crippen LogP contribution in [0.5, 0.6) is 0 Å². The molecule has 2 N–H and O–H groups in total. The van der Waals surface area contributed by atoms with E-state index in [9.17, 15) is 8.42 Å². The first-order valence-corrected chi connectivity index (χ1v) is 9.46. The summed E-state index contributed by atoms with van der Waals surface area (Å²) in [5.41, 5.74) is 2.30. The zero-order valence-electron chi connectivity index (χ0n) is 14.3. The highest BCUT2D eigenvalue weighted by molar-refractivity contribution is 7.92. The van der Waals surface area contributed by atoms with Crippen LogP contribution < -0.4 is 4.72 Å². The van der Waals surface area contributed by atoms with E-state index in [-0.39, 0.29) is 4.90 Å². The van der Waals surface area contributed by atoms with Crippen LogP contribution in [0, 0.1) is 6.92 Å². The topological polar surface area (TPSA) is 87.7 Å². The molecule has 0 atom stereocenters. The summed E-state index contributed by atoms with van der Waals surface area (Å²) in [6, 6.07) is 13.9. The Labute approximate surface area is 147 Å². The number of rotatable bonds is 5. The van der Waals surface area contributed by atoms with E-state index in [1.807, 2.05) is 25.1 Å². The third-order valence-corrected chi connectivity index (χ3v) is 5.22. The second-order valence-corrected chi connectivity index (χ2v) is 7.84. The lowest BCUT2D eigenvalue weighted by Crippen LogP contribution is -2.13. The Bertz CT molecular complexity index is 976. The lowest BCUT2D eigenvalue weighted by Gasteiger charge is -2.10. The monoisotopic (exact) mass is 356 g/mol. The number of anilines is 1. The largest absolute Gasteiger partial charge is 0.280 e. The normalized spacial score (nSPS) is 11.7.